The number of hydrogen-bond donors (Lipinski definition) is 1. The Balaban J connectivity index is 0.000000634. The van der Waals surface area contributed by atoms with E-state index in [1.165, 1.54) is 69.6 Å². The summed E-state index contributed by atoms with van der Waals surface area (Å²) in [5.41, 5.74) is 3.89. The van der Waals surface area contributed by atoms with Crippen LogP contribution in [0.15, 0.2) is 47.7 Å². The Bertz CT molecular complexity index is 889. The number of anilines is 1. The molecule has 2 aliphatic rings. The van der Waals surface area contributed by atoms with Gasteiger partial charge < -0.3 is 19.1 Å². The molecule has 0 amide bonds. The Labute approximate surface area is 257 Å². The number of benzene rings is 1. The summed E-state index contributed by atoms with van der Waals surface area (Å²) in [4.78, 5) is 7.23. The Morgan fingerprint density at radius 2 is 1.66 bits per heavy atom. The van der Waals surface area contributed by atoms with Crippen molar-refractivity contribution in [2.45, 2.75) is 67.2 Å². The number of unbranched alkanes of at least 4 members (excludes halogenated alkanes) is 2. The molecule has 0 unspecified atom stereocenters. The first-order valence-electron chi connectivity index (χ1n) is 13.8. The van der Waals surface area contributed by atoms with Crippen LogP contribution < -0.4 is 4.90 Å². The zero-order valence-corrected chi connectivity index (χ0v) is 29.7. The first-order valence-corrected chi connectivity index (χ1v) is 15.7. The van der Waals surface area contributed by atoms with Gasteiger partial charge in [-0.1, -0.05) is 44.0 Å². The molecule has 5 nitrogen and oxygen atoms in total. The largest absolute Gasteiger partial charge is 2.00 e. The van der Waals surface area contributed by atoms with Crippen LogP contribution in [-0.4, -0.2) is 71.3 Å². The summed E-state index contributed by atoms with van der Waals surface area (Å²) in [7, 11) is -2.24. The minimum absolute atomic E-state index is 0. The molecule has 0 radical (unpaired) electrons. The van der Waals surface area contributed by atoms with E-state index in [0.717, 1.165) is 32.7 Å². The van der Waals surface area contributed by atoms with Gasteiger partial charge in [-0.05, 0) is 45.9 Å². The topological polar surface area (TPSA) is 50.6 Å². The fourth-order valence-electron chi connectivity index (χ4n) is 4.22. The van der Waals surface area contributed by atoms with Crippen LogP contribution in [0.25, 0.3) is 0 Å². The summed E-state index contributed by atoms with van der Waals surface area (Å²) in [6.45, 7) is 18.9. The van der Waals surface area contributed by atoms with Crippen LogP contribution >= 0.6 is 0 Å². The maximum absolute atomic E-state index is 11.6. The van der Waals surface area contributed by atoms with Crippen molar-refractivity contribution in [3.8, 4) is 0 Å². The Hall–Kier alpha value is -0.648. The fourth-order valence-corrected chi connectivity index (χ4v) is 5.53. The molecule has 1 aromatic carbocycles. The average Bonchev–Trinajstić information content (AvgIpc) is 2.84. The predicted molar refractivity (Wildman–Crippen MR) is 159 cm³/mol. The molecule has 2 heterocycles. The smallest absolute Gasteiger partial charge is 0.457 e. The quantitative estimate of drug-likeness (QED) is 0.207. The zero-order chi connectivity index (χ0) is 27.7. The van der Waals surface area contributed by atoms with E-state index in [4.69, 9.17) is 4.78 Å². The summed E-state index contributed by atoms with van der Waals surface area (Å²) in [5.74, 6) is 1.13. The van der Waals surface area contributed by atoms with Crippen LogP contribution in [0.5, 0.6) is 0 Å². The third kappa shape index (κ3) is 17.1. The van der Waals surface area contributed by atoms with Crippen LogP contribution in [0, 0.1) is 48.1 Å². The maximum atomic E-state index is 11.6. The third-order valence-electron chi connectivity index (χ3n) is 6.30. The minimum atomic E-state index is -2.24. The molecular formula is C30H51FN4OSU. The SMILES string of the molecule is CC1=CCN(c2cc[c-]cc2)C(C)=C1.CCCCCN(CCC)CCN1CCS(=N)(=O)CC1.C[C-](C)F.[U+2]. The monoisotopic (exact) mass is 772 g/mol. The molecule has 214 valence electrons. The molecule has 0 spiro atoms. The number of nitrogens with one attached hydrogen (secondary N) is 1. The second-order valence-corrected chi connectivity index (χ2v) is 12.5. The van der Waals surface area contributed by atoms with Gasteiger partial charge in [-0.15, -0.1) is 12.1 Å². The molecule has 2 aliphatic heterocycles. The van der Waals surface area contributed by atoms with E-state index in [1.807, 2.05) is 12.1 Å². The van der Waals surface area contributed by atoms with Gasteiger partial charge in [0.1, 0.15) is 0 Å². The Morgan fingerprint density at radius 3 is 2.18 bits per heavy atom. The molecule has 38 heavy (non-hydrogen) atoms. The minimum Gasteiger partial charge on any atom is -0.457 e. The van der Waals surface area contributed by atoms with Gasteiger partial charge in [-0.2, -0.15) is 38.2 Å². The molecule has 1 saturated heterocycles. The van der Waals surface area contributed by atoms with Crippen LogP contribution in [0.3, 0.4) is 0 Å². The summed E-state index contributed by atoms with van der Waals surface area (Å²) in [6.07, 6.45) is 9.49. The molecule has 8 heteroatoms. The van der Waals surface area contributed by atoms with Crippen molar-refractivity contribution in [3.05, 3.63) is 59.9 Å². The average molecular weight is 773 g/mol. The van der Waals surface area contributed by atoms with Gasteiger partial charge >= 0.3 is 31.1 Å². The van der Waals surface area contributed by atoms with E-state index in [2.05, 4.69) is 72.7 Å². The molecule has 0 bridgehead atoms. The first-order chi connectivity index (χ1) is 17.6. The van der Waals surface area contributed by atoms with Crippen molar-refractivity contribution in [2.24, 2.45) is 0 Å². The zero-order valence-electron chi connectivity index (χ0n) is 24.7. The van der Waals surface area contributed by atoms with Crippen molar-refractivity contribution in [1.82, 2.24) is 9.80 Å². The van der Waals surface area contributed by atoms with Crippen molar-refractivity contribution < 1.29 is 39.7 Å². The molecule has 0 aliphatic carbocycles. The summed E-state index contributed by atoms with van der Waals surface area (Å²) in [5, 5.41) is 0. The van der Waals surface area contributed by atoms with Gasteiger partial charge in [0.25, 0.3) is 0 Å². The van der Waals surface area contributed by atoms with Crippen molar-refractivity contribution in [1.29, 1.82) is 4.78 Å². The van der Waals surface area contributed by atoms with Gasteiger partial charge in [0, 0.05) is 59.7 Å². The molecule has 1 fully saturated rings. The Kier molecular flexibility index (Phi) is 20.8. The van der Waals surface area contributed by atoms with Crippen LogP contribution in [0.1, 0.15) is 67.2 Å². The second kappa shape index (κ2) is 21.1. The Morgan fingerprint density at radius 1 is 1.05 bits per heavy atom. The van der Waals surface area contributed by atoms with E-state index >= 15 is 0 Å². The molecule has 0 aromatic heterocycles. The normalized spacial score (nSPS) is 16.9. The summed E-state index contributed by atoms with van der Waals surface area (Å²) >= 11 is 0. The number of rotatable bonds is 10. The van der Waals surface area contributed by atoms with Gasteiger partial charge in [0.2, 0.25) is 0 Å². The molecule has 1 N–H and O–H groups in total. The molecule has 0 atom stereocenters. The van der Waals surface area contributed by atoms with Crippen molar-refractivity contribution >= 4 is 15.4 Å². The number of hydrogen-bond acceptors (Lipinski definition) is 5. The summed E-state index contributed by atoms with van der Waals surface area (Å²) in [6, 6.07) is 11.1. The standard InChI is InChI=1S/C14H31N3OS.C13H14N.C3H6F.U/c1-3-5-6-8-16(7-4-2)9-10-17-11-13-19(15,18)14-12-17;1-11-8-9-14(12(2)10-11)13-6-4-3-5-7-13;1-3(2)4;/h15H,3-14H2,1-2H3;4-8,10H,9H2,1-2H3;1-2H3;/q;2*-1;+2. The first kappa shape index (κ1) is 37.4. The predicted octanol–water partition coefficient (Wildman–Crippen LogP) is 6.94. The second-order valence-electron chi connectivity index (χ2n) is 10.1. The van der Waals surface area contributed by atoms with E-state index in [9.17, 15) is 8.60 Å². The van der Waals surface area contributed by atoms with Crippen molar-refractivity contribution in [2.75, 3.05) is 62.2 Å². The molecular weight excluding hydrogens is 721 g/mol. The number of nitrogens with zero attached hydrogens (tertiary/aromatic N) is 3. The van der Waals surface area contributed by atoms with Gasteiger partial charge in [0.05, 0.1) is 0 Å². The van der Waals surface area contributed by atoms with E-state index in [0.29, 0.717) is 11.5 Å². The third-order valence-corrected chi connectivity index (χ3v) is 7.98. The molecule has 0 saturated carbocycles. The van der Waals surface area contributed by atoms with Gasteiger partial charge in [-0.3, -0.25) is 4.78 Å². The number of halogens is 1. The van der Waals surface area contributed by atoms with Crippen LogP contribution in [0.4, 0.5) is 10.1 Å². The fraction of sp³-hybridized carbons (Fsp3) is 0.633. The number of allylic oxidation sites excluding steroid dienone is 3. The molecule has 1 aromatic rings. The van der Waals surface area contributed by atoms with E-state index in [-0.39, 0.29) is 37.3 Å². The van der Waals surface area contributed by atoms with E-state index in [1.54, 1.807) is 0 Å². The summed E-state index contributed by atoms with van der Waals surface area (Å²) < 4.78 is 30.1. The van der Waals surface area contributed by atoms with Crippen LogP contribution in [-0.2, 0) is 9.73 Å². The maximum Gasteiger partial charge on any atom is 2.00 e. The van der Waals surface area contributed by atoms with Crippen molar-refractivity contribution in [3.63, 3.8) is 0 Å². The van der Waals surface area contributed by atoms with Crippen LogP contribution in [0.2, 0.25) is 0 Å². The van der Waals surface area contributed by atoms with Gasteiger partial charge in [0.15, 0.2) is 0 Å². The van der Waals surface area contributed by atoms with E-state index < -0.39 is 9.73 Å². The van der Waals surface area contributed by atoms with Gasteiger partial charge in [-0.25, -0.2) is 4.21 Å². The molecule has 3 rings (SSSR count).